The van der Waals surface area contributed by atoms with Crippen LogP contribution in [0.25, 0.3) is 0 Å². The van der Waals surface area contributed by atoms with E-state index in [1.165, 1.54) is 4.90 Å². The van der Waals surface area contributed by atoms with Crippen molar-refractivity contribution < 1.29 is 18.0 Å². The number of nitrogens with zero attached hydrogens (tertiary/aromatic N) is 2. The highest BCUT2D eigenvalue weighted by molar-refractivity contribution is 7.92. The number of carbonyl (C=O) groups excluding carboxylic acids is 2. The van der Waals surface area contributed by atoms with Crippen LogP contribution in [0.2, 0.25) is 10.0 Å². The van der Waals surface area contributed by atoms with Gasteiger partial charge in [0.25, 0.3) is 10.0 Å². The fraction of sp³-hybridized carbons (Fsp3) is 0.297. The highest BCUT2D eigenvalue weighted by Crippen LogP contribution is 2.30. The fourth-order valence-corrected chi connectivity index (χ4v) is 7.04. The van der Waals surface area contributed by atoms with E-state index in [1.54, 1.807) is 54.6 Å². The molecule has 0 aliphatic heterocycles. The fourth-order valence-electron chi connectivity index (χ4n) is 5.25. The van der Waals surface area contributed by atoms with Crippen LogP contribution >= 0.6 is 23.2 Å². The Hall–Kier alpha value is -3.85. The van der Waals surface area contributed by atoms with Gasteiger partial charge in [0.2, 0.25) is 11.8 Å². The maximum atomic E-state index is 14.7. The van der Waals surface area contributed by atoms with E-state index in [4.69, 9.17) is 23.2 Å². The molecular weight excluding hydrogens is 653 g/mol. The third-order valence-corrected chi connectivity index (χ3v) is 10.7. The second-order valence-corrected chi connectivity index (χ2v) is 14.3. The topological polar surface area (TPSA) is 86.8 Å². The second kappa shape index (κ2) is 16.3. The summed E-state index contributed by atoms with van der Waals surface area (Å²) < 4.78 is 29.8. The summed E-state index contributed by atoms with van der Waals surface area (Å²) in [7, 11) is -4.20. The van der Waals surface area contributed by atoms with Crippen molar-refractivity contribution in [1.29, 1.82) is 0 Å². The van der Waals surface area contributed by atoms with Gasteiger partial charge in [-0.05, 0) is 79.8 Å². The molecule has 0 saturated heterocycles. The molecule has 0 heterocycles. The van der Waals surface area contributed by atoms with E-state index in [9.17, 15) is 18.0 Å². The van der Waals surface area contributed by atoms with E-state index in [-0.39, 0.29) is 23.8 Å². The van der Waals surface area contributed by atoms with Crippen LogP contribution in [0.5, 0.6) is 0 Å². The number of halogens is 2. The van der Waals surface area contributed by atoms with Crippen molar-refractivity contribution in [3.63, 3.8) is 0 Å². The van der Waals surface area contributed by atoms with E-state index >= 15 is 0 Å². The number of hydrogen-bond acceptors (Lipinski definition) is 4. The Balaban J connectivity index is 1.83. The van der Waals surface area contributed by atoms with Gasteiger partial charge in [-0.1, -0.05) is 103 Å². The monoisotopic (exact) mass is 693 g/mol. The molecule has 0 aliphatic carbocycles. The average Bonchev–Trinajstić information content (AvgIpc) is 3.05. The van der Waals surface area contributed by atoms with Crippen LogP contribution < -0.4 is 9.62 Å². The van der Waals surface area contributed by atoms with Gasteiger partial charge >= 0.3 is 0 Å². The molecule has 0 aliphatic rings. The minimum atomic E-state index is -4.20. The first-order chi connectivity index (χ1) is 22.4. The van der Waals surface area contributed by atoms with Crippen LogP contribution in [0.15, 0.2) is 95.9 Å². The van der Waals surface area contributed by atoms with Gasteiger partial charge in [-0.2, -0.15) is 0 Å². The minimum Gasteiger partial charge on any atom is -0.354 e. The Bertz CT molecular complexity index is 1800. The lowest BCUT2D eigenvalue weighted by Gasteiger charge is -2.34. The molecule has 0 unspecified atom stereocenters. The first-order valence-corrected chi connectivity index (χ1v) is 17.8. The largest absolute Gasteiger partial charge is 0.354 e. The number of aryl methyl sites for hydroxylation is 2. The van der Waals surface area contributed by atoms with Crippen molar-refractivity contribution in [2.45, 2.75) is 64.4 Å². The molecule has 0 bridgehead atoms. The molecule has 248 valence electrons. The highest BCUT2D eigenvalue weighted by Gasteiger charge is 2.35. The van der Waals surface area contributed by atoms with Crippen molar-refractivity contribution in [3.05, 3.63) is 129 Å². The molecule has 1 atom stereocenters. The summed E-state index contributed by atoms with van der Waals surface area (Å²) >= 11 is 12.6. The summed E-state index contributed by atoms with van der Waals surface area (Å²) in [5, 5.41) is 3.66. The van der Waals surface area contributed by atoms with Gasteiger partial charge in [0, 0.05) is 19.5 Å². The molecular formula is C37H41Cl2N3O4S. The lowest BCUT2D eigenvalue weighted by atomic mass is 10.0. The maximum absolute atomic E-state index is 14.7. The SMILES string of the molecule is CCCCNC(=O)[C@H](Cc1ccccc1)N(Cc1ccc(Cl)c(Cl)c1)C(=O)CN(c1cccc(C)c1C)S(=O)(=O)c1ccc(C)cc1. The lowest BCUT2D eigenvalue weighted by molar-refractivity contribution is -0.140. The number of rotatable bonds is 14. The molecule has 0 spiro atoms. The molecule has 0 saturated carbocycles. The first kappa shape index (κ1) is 36.0. The zero-order chi connectivity index (χ0) is 34.1. The number of carbonyl (C=O) groups is 2. The molecule has 0 fully saturated rings. The summed E-state index contributed by atoms with van der Waals surface area (Å²) in [5.74, 6) is -0.866. The Morgan fingerprint density at radius 3 is 2.19 bits per heavy atom. The Kier molecular flexibility index (Phi) is 12.5. The molecule has 4 aromatic carbocycles. The number of unbranched alkanes of at least 4 members (excludes halogenated alkanes) is 1. The van der Waals surface area contributed by atoms with Crippen LogP contribution in [-0.4, -0.2) is 44.3 Å². The molecule has 10 heteroatoms. The molecule has 2 amide bonds. The van der Waals surface area contributed by atoms with Crippen molar-refractivity contribution >= 4 is 50.7 Å². The van der Waals surface area contributed by atoms with Gasteiger partial charge < -0.3 is 10.2 Å². The summed E-state index contributed by atoms with van der Waals surface area (Å²) in [6, 6.07) is 25.4. The third-order valence-electron chi connectivity index (χ3n) is 8.17. The predicted octanol–water partition coefficient (Wildman–Crippen LogP) is 7.67. The van der Waals surface area contributed by atoms with Crippen molar-refractivity contribution in [2.75, 3.05) is 17.4 Å². The molecule has 0 radical (unpaired) electrons. The summed E-state index contributed by atoms with van der Waals surface area (Å²) in [5.41, 5.74) is 4.40. The summed E-state index contributed by atoms with van der Waals surface area (Å²) in [4.78, 5) is 30.1. The number of benzene rings is 4. The molecule has 0 aromatic heterocycles. The molecule has 4 aromatic rings. The zero-order valence-corrected chi connectivity index (χ0v) is 29.5. The first-order valence-electron chi connectivity index (χ1n) is 15.6. The second-order valence-electron chi connectivity index (χ2n) is 11.7. The molecule has 4 rings (SSSR count). The average molecular weight is 695 g/mol. The summed E-state index contributed by atoms with van der Waals surface area (Å²) in [6.07, 6.45) is 1.89. The van der Waals surface area contributed by atoms with E-state index in [0.717, 1.165) is 39.4 Å². The number of anilines is 1. The minimum absolute atomic E-state index is 0.000358. The standard InChI is InChI=1S/C37H41Cl2N3O4S/c1-5-6-21-40-37(44)35(23-29-12-8-7-9-13-29)41(24-30-17-20-32(38)33(39)22-30)36(43)25-42(34-14-10-11-27(3)28(34)4)47(45,46)31-18-15-26(2)16-19-31/h7-20,22,35H,5-6,21,23-25H2,1-4H3,(H,40,44)/t35-/m0/s1. The maximum Gasteiger partial charge on any atom is 0.264 e. The van der Waals surface area contributed by atoms with Gasteiger partial charge in [-0.3, -0.25) is 13.9 Å². The van der Waals surface area contributed by atoms with Crippen molar-refractivity contribution in [1.82, 2.24) is 10.2 Å². The predicted molar refractivity (Wildman–Crippen MR) is 190 cm³/mol. The van der Waals surface area contributed by atoms with Gasteiger partial charge in [0.15, 0.2) is 0 Å². The molecule has 7 nitrogen and oxygen atoms in total. The van der Waals surface area contributed by atoms with Crippen LogP contribution in [0.3, 0.4) is 0 Å². The normalized spacial score (nSPS) is 12.0. The zero-order valence-electron chi connectivity index (χ0n) is 27.2. The van der Waals surface area contributed by atoms with Gasteiger partial charge in [-0.15, -0.1) is 0 Å². The van der Waals surface area contributed by atoms with E-state index in [1.807, 2.05) is 64.1 Å². The van der Waals surface area contributed by atoms with Gasteiger partial charge in [-0.25, -0.2) is 8.42 Å². The lowest BCUT2D eigenvalue weighted by Crippen LogP contribution is -2.53. The van der Waals surface area contributed by atoms with Crippen LogP contribution in [-0.2, 0) is 32.6 Å². The Morgan fingerprint density at radius 2 is 1.53 bits per heavy atom. The quantitative estimate of drug-likeness (QED) is 0.137. The van der Waals surface area contributed by atoms with Gasteiger partial charge in [0.05, 0.1) is 20.6 Å². The number of amides is 2. The highest BCUT2D eigenvalue weighted by atomic mass is 35.5. The molecule has 1 N–H and O–H groups in total. The van der Waals surface area contributed by atoms with Gasteiger partial charge in [0.1, 0.15) is 12.6 Å². The number of nitrogens with one attached hydrogen (secondary N) is 1. The Labute approximate surface area is 288 Å². The van der Waals surface area contributed by atoms with Crippen LogP contribution in [0.4, 0.5) is 5.69 Å². The molecule has 47 heavy (non-hydrogen) atoms. The number of sulfonamides is 1. The van der Waals surface area contributed by atoms with E-state index < -0.39 is 28.5 Å². The van der Waals surface area contributed by atoms with Crippen LogP contribution in [0, 0.1) is 20.8 Å². The Morgan fingerprint density at radius 1 is 0.830 bits per heavy atom. The van der Waals surface area contributed by atoms with E-state index in [2.05, 4.69) is 5.32 Å². The van der Waals surface area contributed by atoms with E-state index in [0.29, 0.717) is 27.8 Å². The van der Waals surface area contributed by atoms with Crippen LogP contribution in [0.1, 0.15) is 47.6 Å². The van der Waals surface area contributed by atoms with Crippen molar-refractivity contribution in [2.24, 2.45) is 0 Å². The third kappa shape index (κ3) is 9.15. The summed E-state index contributed by atoms with van der Waals surface area (Å²) in [6.45, 7) is 7.55. The smallest absolute Gasteiger partial charge is 0.264 e. The van der Waals surface area contributed by atoms with Crippen molar-refractivity contribution in [3.8, 4) is 0 Å². The number of hydrogen-bond donors (Lipinski definition) is 1.